The number of hydrogen-bond acceptors (Lipinski definition) is 4. The van der Waals surface area contributed by atoms with Gasteiger partial charge in [-0.1, -0.05) is 0 Å². The number of aromatic amines is 1. The lowest BCUT2D eigenvalue weighted by Crippen LogP contribution is -2.08. The Bertz CT molecular complexity index is 560. The lowest BCUT2D eigenvalue weighted by Gasteiger charge is -2.11. The molecule has 0 aliphatic carbocycles. The first kappa shape index (κ1) is 12.4. The van der Waals surface area contributed by atoms with Gasteiger partial charge in [-0.15, -0.1) is 0 Å². The first-order valence-electron chi connectivity index (χ1n) is 5.91. The number of benzene rings is 1. The maximum absolute atomic E-state index is 11.4. The number of H-pyrrole nitrogens is 1. The maximum atomic E-state index is 11.4. The summed E-state index contributed by atoms with van der Waals surface area (Å²) in [7, 11) is 3.96. The van der Waals surface area contributed by atoms with Crippen LogP contribution in [0.5, 0.6) is 0 Å². The number of rotatable bonds is 4. The molecule has 2 rings (SSSR count). The van der Waals surface area contributed by atoms with Gasteiger partial charge in [-0.2, -0.15) is 0 Å². The molecule has 1 aromatic carbocycles. The highest BCUT2D eigenvalue weighted by molar-refractivity contribution is 5.81. The number of ether oxygens (including phenoxy) is 1. The molecule has 1 heterocycles. The average molecular weight is 247 g/mol. The number of carbonyl (C=O) groups excluding carboxylic acids is 1. The summed E-state index contributed by atoms with van der Waals surface area (Å²) < 4.78 is 4.90. The molecule has 1 aromatic heterocycles. The molecule has 0 spiro atoms. The Labute approximate surface area is 106 Å². The van der Waals surface area contributed by atoms with Gasteiger partial charge in [0, 0.05) is 19.8 Å². The fraction of sp³-hybridized carbons (Fsp3) is 0.385. The summed E-state index contributed by atoms with van der Waals surface area (Å²) in [6, 6.07) is 5.96. The third-order valence-electron chi connectivity index (χ3n) is 2.65. The van der Waals surface area contributed by atoms with Crippen molar-refractivity contribution in [1.29, 1.82) is 0 Å². The summed E-state index contributed by atoms with van der Waals surface area (Å²) in [5.74, 6) is 0.378. The molecule has 0 amide bonds. The largest absolute Gasteiger partial charge is 0.466 e. The predicted molar refractivity (Wildman–Crippen MR) is 70.8 cm³/mol. The van der Waals surface area contributed by atoms with Crippen molar-refractivity contribution >= 4 is 22.7 Å². The molecule has 2 aromatic rings. The van der Waals surface area contributed by atoms with Crippen LogP contribution in [0.1, 0.15) is 12.7 Å². The van der Waals surface area contributed by atoms with E-state index in [1.165, 1.54) is 0 Å². The van der Waals surface area contributed by atoms with E-state index in [0.717, 1.165) is 16.7 Å². The number of aromatic nitrogens is 2. The molecule has 5 nitrogen and oxygen atoms in total. The minimum absolute atomic E-state index is 0.180. The number of imidazole rings is 1. The second-order valence-electron chi connectivity index (χ2n) is 4.26. The van der Waals surface area contributed by atoms with Crippen molar-refractivity contribution in [3.8, 4) is 0 Å². The van der Waals surface area contributed by atoms with Crippen molar-refractivity contribution in [2.45, 2.75) is 13.3 Å². The lowest BCUT2D eigenvalue weighted by molar-refractivity contribution is -0.142. The normalized spacial score (nSPS) is 10.6. The average Bonchev–Trinajstić information content (AvgIpc) is 2.69. The van der Waals surface area contributed by atoms with Gasteiger partial charge in [-0.25, -0.2) is 4.98 Å². The molecule has 0 aliphatic heterocycles. The molecule has 18 heavy (non-hydrogen) atoms. The number of anilines is 1. The van der Waals surface area contributed by atoms with Gasteiger partial charge in [-0.3, -0.25) is 4.79 Å². The second kappa shape index (κ2) is 5.08. The molecule has 96 valence electrons. The highest BCUT2D eigenvalue weighted by atomic mass is 16.5. The highest BCUT2D eigenvalue weighted by Crippen LogP contribution is 2.19. The van der Waals surface area contributed by atoms with E-state index in [4.69, 9.17) is 4.74 Å². The van der Waals surface area contributed by atoms with E-state index in [2.05, 4.69) is 9.97 Å². The lowest BCUT2D eigenvalue weighted by atomic mass is 10.2. The van der Waals surface area contributed by atoms with Gasteiger partial charge >= 0.3 is 5.97 Å². The molecular weight excluding hydrogens is 230 g/mol. The Morgan fingerprint density at radius 1 is 1.44 bits per heavy atom. The molecule has 0 atom stereocenters. The van der Waals surface area contributed by atoms with Crippen molar-refractivity contribution in [3.63, 3.8) is 0 Å². The van der Waals surface area contributed by atoms with E-state index >= 15 is 0 Å². The van der Waals surface area contributed by atoms with Crippen LogP contribution in [-0.2, 0) is 16.0 Å². The Kier molecular flexibility index (Phi) is 3.50. The first-order valence-corrected chi connectivity index (χ1v) is 5.91. The Morgan fingerprint density at radius 2 is 2.22 bits per heavy atom. The van der Waals surface area contributed by atoms with Gasteiger partial charge in [-0.05, 0) is 25.1 Å². The van der Waals surface area contributed by atoms with Crippen LogP contribution in [0.3, 0.4) is 0 Å². The van der Waals surface area contributed by atoms with Gasteiger partial charge in [0.1, 0.15) is 12.2 Å². The summed E-state index contributed by atoms with van der Waals surface area (Å²) in [6.45, 7) is 2.18. The zero-order valence-electron chi connectivity index (χ0n) is 10.9. The molecule has 0 saturated heterocycles. The van der Waals surface area contributed by atoms with E-state index in [0.29, 0.717) is 12.4 Å². The Morgan fingerprint density at radius 3 is 2.89 bits per heavy atom. The number of carbonyl (C=O) groups is 1. The van der Waals surface area contributed by atoms with Crippen LogP contribution in [0, 0.1) is 0 Å². The fourth-order valence-corrected chi connectivity index (χ4v) is 1.76. The van der Waals surface area contributed by atoms with E-state index < -0.39 is 0 Å². The van der Waals surface area contributed by atoms with Crippen LogP contribution >= 0.6 is 0 Å². The minimum Gasteiger partial charge on any atom is -0.466 e. The second-order valence-corrected chi connectivity index (χ2v) is 4.26. The van der Waals surface area contributed by atoms with Gasteiger partial charge in [0.2, 0.25) is 0 Å². The number of fused-ring (bicyclic) bond motifs is 1. The third kappa shape index (κ3) is 2.61. The fourth-order valence-electron chi connectivity index (χ4n) is 1.76. The summed E-state index contributed by atoms with van der Waals surface area (Å²) in [5, 5.41) is 0. The zero-order valence-corrected chi connectivity index (χ0v) is 10.9. The number of nitrogens with one attached hydrogen (secondary N) is 1. The van der Waals surface area contributed by atoms with E-state index in [1.807, 2.05) is 37.2 Å². The SMILES string of the molecule is CCOC(=O)Cc1nc2cc(N(C)C)ccc2[nH]1. The van der Waals surface area contributed by atoms with Crippen LogP contribution in [0.4, 0.5) is 5.69 Å². The topological polar surface area (TPSA) is 58.2 Å². The van der Waals surface area contributed by atoms with Gasteiger partial charge in [0.05, 0.1) is 17.6 Å². The Hall–Kier alpha value is -2.04. The smallest absolute Gasteiger partial charge is 0.313 e. The molecular formula is C13H17N3O2. The van der Waals surface area contributed by atoms with Crippen molar-refractivity contribution in [1.82, 2.24) is 9.97 Å². The molecule has 1 N–H and O–H groups in total. The summed E-state index contributed by atoms with van der Waals surface area (Å²) >= 11 is 0. The molecule has 0 fully saturated rings. The minimum atomic E-state index is -0.260. The standard InChI is InChI=1S/C13H17N3O2/c1-4-18-13(17)8-12-14-10-6-5-9(16(2)3)7-11(10)15-12/h5-7H,4,8H2,1-3H3,(H,14,15). The number of nitrogens with zero attached hydrogens (tertiary/aromatic N) is 2. The Balaban J connectivity index is 2.24. The van der Waals surface area contributed by atoms with Crippen molar-refractivity contribution in [3.05, 3.63) is 24.0 Å². The quantitative estimate of drug-likeness (QED) is 0.836. The predicted octanol–water partition coefficient (Wildman–Crippen LogP) is 1.73. The van der Waals surface area contributed by atoms with Crippen LogP contribution in [-0.4, -0.2) is 36.6 Å². The van der Waals surface area contributed by atoms with Gasteiger partial charge in [0.15, 0.2) is 0 Å². The maximum Gasteiger partial charge on any atom is 0.313 e. The molecule has 0 bridgehead atoms. The summed E-state index contributed by atoms with van der Waals surface area (Å²) in [5.41, 5.74) is 2.87. The van der Waals surface area contributed by atoms with Gasteiger partial charge < -0.3 is 14.6 Å². The van der Waals surface area contributed by atoms with E-state index in [1.54, 1.807) is 6.92 Å². The van der Waals surface area contributed by atoms with Crippen LogP contribution in [0.15, 0.2) is 18.2 Å². The third-order valence-corrected chi connectivity index (χ3v) is 2.65. The van der Waals surface area contributed by atoms with Crippen molar-refractivity contribution < 1.29 is 9.53 Å². The zero-order chi connectivity index (χ0) is 13.1. The molecule has 0 radical (unpaired) electrons. The van der Waals surface area contributed by atoms with E-state index in [-0.39, 0.29) is 12.4 Å². The van der Waals surface area contributed by atoms with Crippen molar-refractivity contribution in [2.75, 3.05) is 25.6 Å². The first-order chi connectivity index (χ1) is 8.60. The monoisotopic (exact) mass is 247 g/mol. The number of hydrogen-bond donors (Lipinski definition) is 1. The van der Waals surface area contributed by atoms with Crippen LogP contribution < -0.4 is 4.90 Å². The van der Waals surface area contributed by atoms with Crippen LogP contribution in [0.2, 0.25) is 0 Å². The van der Waals surface area contributed by atoms with Crippen LogP contribution in [0.25, 0.3) is 11.0 Å². The van der Waals surface area contributed by atoms with E-state index in [9.17, 15) is 4.79 Å². The molecule has 0 saturated carbocycles. The molecule has 0 unspecified atom stereocenters. The highest BCUT2D eigenvalue weighted by Gasteiger charge is 2.09. The summed E-state index contributed by atoms with van der Waals surface area (Å²) in [4.78, 5) is 20.9. The van der Waals surface area contributed by atoms with Gasteiger partial charge in [0.25, 0.3) is 0 Å². The molecule has 0 aliphatic rings. The number of esters is 1. The van der Waals surface area contributed by atoms with Crippen molar-refractivity contribution in [2.24, 2.45) is 0 Å². The molecule has 5 heteroatoms. The summed E-state index contributed by atoms with van der Waals surface area (Å²) in [6.07, 6.45) is 0.180.